The molecule has 1 saturated carbocycles. The van der Waals surface area contributed by atoms with Crippen molar-refractivity contribution in [2.24, 2.45) is 5.92 Å². The molecule has 0 aliphatic heterocycles. The summed E-state index contributed by atoms with van der Waals surface area (Å²) in [5.41, 5.74) is 3.24. The molecule has 1 fully saturated rings. The van der Waals surface area contributed by atoms with Gasteiger partial charge in [0, 0.05) is 49.3 Å². The highest BCUT2D eigenvalue weighted by molar-refractivity contribution is 5.85. The molecule has 27 heavy (non-hydrogen) atoms. The number of carbonyl (C=O) groups excluding carboxylic acids is 1. The number of fused-ring (bicyclic) bond motifs is 1. The van der Waals surface area contributed by atoms with Crippen LogP contribution in [0.3, 0.4) is 0 Å². The minimum atomic E-state index is 0.0801. The van der Waals surface area contributed by atoms with Gasteiger partial charge < -0.3 is 9.32 Å². The molecule has 3 aromatic rings. The van der Waals surface area contributed by atoms with E-state index in [-0.39, 0.29) is 11.8 Å². The number of aromatic nitrogens is 1. The summed E-state index contributed by atoms with van der Waals surface area (Å²) in [5.74, 6) is 1.64. The van der Waals surface area contributed by atoms with Crippen molar-refractivity contribution in [1.82, 2.24) is 9.88 Å². The van der Waals surface area contributed by atoms with Crippen LogP contribution in [0.1, 0.15) is 49.0 Å². The molecular weight excluding hydrogens is 336 g/mol. The summed E-state index contributed by atoms with van der Waals surface area (Å²) >= 11 is 0. The first-order chi connectivity index (χ1) is 13.2. The van der Waals surface area contributed by atoms with Crippen molar-refractivity contribution >= 4 is 16.9 Å². The normalized spacial score (nSPS) is 18.6. The van der Waals surface area contributed by atoms with Gasteiger partial charge in [0.05, 0.1) is 0 Å². The van der Waals surface area contributed by atoms with E-state index in [0.29, 0.717) is 12.5 Å². The highest BCUT2D eigenvalue weighted by Crippen LogP contribution is 2.48. The lowest BCUT2D eigenvalue weighted by Crippen LogP contribution is -2.28. The molecule has 4 nitrogen and oxygen atoms in total. The number of carbonyl (C=O) groups is 1. The van der Waals surface area contributed by atoms with Crippen LogP contribution in [0.5, 0.6) is 0 Å². The second-order valence-corrected chi connectivity index (χ2v) is 7.53. The molecule has 0 N–H and O–H groups in total. The Hall–Kier alpha value is -2.62. The zero-order valence-corrected chi connectivity index (χ0v) is 16.0. The van der Waals surface area contributed by atoms with Crippen LogP contribution in [0.15, 0.2) is 53.2 Å². The number of hydrogen-bond acceptors (Lipinski definition) is 3. The summed E-state index contributed by atoms with van der Waals surface area (Å²) in [6.45, 7) is 2.79. The third-order valence-electron chi connectivity index (χ3n) is 5.53. The van der Waals surface area contributed by atoms with Crippen LogP contribution in [-0.4, -0.2) is 22.8 Å². The minimum Gasteiger partial charge on any atom is -0.461 e. The summed E-state index contributed by atoms with van der Waals surface area (Å²) in [6.07, 6.45) is 7.71. The molecule has 140 valence electrons. The van der Waals surface area contributed by atoms with E-state index in [9.17, 15) is 4.79 Å². The van der Waals surface area contributed by atoms with Crippen molar-refractivity contribution in [3.8, 4) is 0 Å². The van der Waals surface area contributed by atoms with Crippen LogP contribution in [0.2, 0.25) is 0 Å². The average Bonchev–Trinajstić information content (AvgIpc) is 3.44. The first-order valence-corrected chi connectivity index (χ1v) is 9.83. The molecule has 2 atom stereocenters. The monoisotopic (exact) mass is 362 g/mol. The van der Waals surface area contributed by atoms with Gasteiger partial charge in [-0.15, -0.1) is 0 Å². The molecule has 2 aromatic heterocycles. The fourth-order valence-corrected chi connectivity index (χ4v) is 3.89. The van der Waals surface area contributed by atoms with E-state index in [0.717, 1.165) is 48.0 Å². The smallest absolute Gasteiger partial charge is 0.226 e. The predicted molar refractivity (Wildman–Crippen MR) is 106 cm³/mol. The Balaban J connectivity index is 1.51. The number of benzene rings is 1. The number of nitrogens with zero attached hydrogens (tertiary/aromatic N) is 2. The molecule has 0 saturated heterocycles. The van der Waals surface area contributed by atoms with E-state index < -0.39 is 0 Å². The Kier molecular flexibility index (Phi) is 4.97. The van der Waals surface area contributed by atoms with Crippen molar-refractivity contribution in [3.63, 3.8) is 0 Å². The molecule has 2 unspecified atom stereocenters. The molecule has 1 amide bonds. The average molecular weight is 362 g/mol. The summed E-state index contributed by atoms with van der Waals surface area (Å²) < 4.78 is 6.10. The maximum absolute atomic E-state index is 13.0. The van der Waals surface area contributed by atoms with Crippen LogP contribution in [0, 0.1) is 5.92 Å². The van der Waals surface area contributed by atoms with E-state index in [4.69, 9.17) is 4.42 Å². The van der Waals surface area contributed by atoms with Gasteiger partial charge >= 0.3 is 0 Å². The molecule has 0 bridgehead atoms. The molecule has 1 aromatic carbocycles. The van der Waals surface area contributed by atoms with Gasteiger partial charge in [-0.05, 0) is 36.5 Å². The lowest BCUT2D eigenvalue weighted by atomic mass is 10.1. The lowest BCUT2D eigenvalue weighted by molar-refractivity contribution is -0.131. The van der Waals surface area contributed by atoms with Gasteiger partial charge in [0.25, 0.3) is 0 Å². The van der Waals surface area contributed by atoms with Crippen LogP contribution in [0.4, 0.5) is 0 Å². The van der Waals surface area contributed by atoms with Crippen molar-refractivity contribution in [1.29, 1.82) is 0 Å². The Morgan fingerprint density at radius 1 is 1.26 bits per heavy atom. The number of rotatable bonds is 7. The summed E-state index contributed by atoms with van der Waals surface area (Å²) in [7, 11) is 1.91. The largest absolute Gasteiger partial charge is 0.461 e. The highest BCUT2D eigenvalue weighted by Gasteiger charge is 2.45. The molecule has 4 heteroatoms. The predicted octanol–water partition coefficient (Wildman–Crippen LogP) is 4.93. The zero-order valence-electron chi connectivity index (χ0n) is 16.0. The van der Waals surface area contributed by atoms with Gasteiger partial charge in [-0.25, -0.2) is 0 Å². The SMILES string of the molecule is CCCCc1oc2ccccc2c1CN(C)C(=O)C1CC1c1cccnc1. The Morgan fingerprint density at radius 3 is 2.89 bits per heavy atom. The van der Waals surface area contributed by atoms with E-state index in [1.54, 1.807) is 6.20 Å². The number of unbranched alkanes of at least 4 members (excludes halogenated alkanes) is 1. The number of pyridine rings is 1. The summed E-state index contributed by atoms with van der Waals surface area (Å²) in [4.78, 5) is 19.0. The third kappa shape index (κ3) is 3.61. The van der Waals surface area contributed by atoms with Gasteiger partial charge in [0.2, 0.25) is 5.91 Å². The maximum atomic E-state index is 13.0. The Morgan fingerprint density at radius 2 is 2.11 bits per heavy atom. The van der Waals surface area contributed by atoms with Crippen molar-refractivity contribution in [3.05, 3.63) is 65.7 Å². The first-order valence-electron chi connectivity index (χ1n) is 9.83. The van der Waals surface area contributed by atoms with Crippen LogP contribution in [0.25, 0.3) is 11.0 Å². The van der Waals surface area contributed by atoms with Gasteiger partial charge in [0.1, 0.15) is 11.3 Å². The van der Waals surface area contributed by atoms with Gasteiger partial charge in [-0.3, -0.25) is 9.78 Å². The van der Waals surface area contributed by atoms with Crippen molar-refractivity contribution in [2.45, 2.75) is 45.1 Å². The van der Waals surface area contributed by atoms with Crippen LogP contribution < -0.4 is 0 Å². The van der Waals surface area contributed by atoms with Gasteiger partial charge in [-0.2, -0.15) is 0 Å². The second-order valence-electron chi connectivity index (χ2n) is 7.53. The number of amides is 1. The minimum absolute atomic E-state index is 0.0801. The number of para-hydroxylation sites is 1. The molecule has 2 heterocycles. The standard InChI is InChI=1S/C23H26N2O2/c1-3-4-10-22-20(17-9-5-6-11-21(17)27-22)15-25(2)23(26)19-13-18(19)16-8-7-12-24-14-16/h5-9,11-12,14,18-19H,3-4,10,13,15H2,1-2H3. The third-order valence-corrected chi connectivity index (χ3v) is 5.53. The molecule has 1 aliphatic rings. The Bertz CT molecular complexity index is 932. The van der Waals surface area contributed by atoms with Gasteiger partial charge in [0.15, 0.2) is 0 Å². The van der Waals surface area contributed by atoms with Crippen molar-refractivity contribution in [2.75, 3.05) is 7.05 Å². The molecule has 0 spiro atoms. The first kappa shape index (κ1) is 17.8. The Labute approximate surface area is 160 Å². The topological polar surface area (TPSA) is 46.3 Å². The molecule has 0 radical (unpaired) electrons. The zero-order chi connectivity index (χ0) is 18.8. The van der Waals surface area contributed by atoms with E-state index in [1.165, 1.54) is 5.56 Å². The van der Waals surface area contributed by atoms with E-state index >= 15 is 0 Å². The number of hydrogen-bond donors (Lipinski definition) is 0. The van der Waals surface area contributed by atoms with E-state index in [1.807, 2.05) is 42.4 Å². The van der Waals surface area contributed by atoms with Crippen LogP contribution >= 0.6 is 0 Å². The highest BCUT2D eigenvalue weighted by atomic mass is 16.3. The molecule has 4 rings (SSSR count). The maximum Gasteiger partial charge on any atom is 0.226 e. The number of aryl methyl sites for hydroxylation is 1. The fraction of sp³-hybridized carbons (Fsp3) is 0.391. The molecular formula is C23H26N2O2. The quantitative estimate of drug-likeness (QED) is 0.598. The second kappa shape index (κ2) is 7.55. The molecule has 1 aliphatic carbocycles. The van der Waals surface area contributed by atoms with E-state index in [2.05, 4.69) is 24.0 Å². The van der Waals surface area contributed by atoms with Crippen LogP contribution in [-0.2, 0) is 17.8 Å². The fourth-order valence-electron chi connectivity index (χ4n) is 3.89. The lowest BCUT2D eigenvalue weighted by Gasteiger charge is -2.18. The summed E-state index contributed by atoms with van der Waals surface area (Å²) in [5, 5.41) is 1.13. The van der Waals surface area contributed by atoms with Crippen molar-refractivity contribution < 1.29 is 9.21 Å². The number of furan rings is 1. The summed E-state index contributed by atoms with van der Waals surface area (Å²) in [6, 6.07) is 12.1. The van der Waals surface area contributed by atoms with Gasteiger partial charge in [-0.1, -0.05) is 37.6 Å².